The average Bonchev–Trinajstić information content (AvgIpc) is 3.29. The summed E-state index contributed by atoms with van der Waals surface area (Å²) < 4.78 is 28.1. The van der Waals surface area contributed by atoms with Gasteiger partial charge in [-0.3, -0.25) is 13.9 Å². The van der Waals surface area contributed by atoms with Gasteiger partial charge in [-0.25, -0.2) is 8.42 Å². The second-order valence-corrected chi connectivity index (χ2v) is 10.6. The van der Waals surface area contributed by atoms with Crippen LogP contribution in [0.15, 0.2) is 77.7 Å². The van der Waals surface area contributed by atoms with Gasteiger partial charge in [-0.15, -0.1) is 0 Å². The molecule has 0 aliphatic carbocycles. The van der Waals surface area contributed by atoms with Crippen LogP contribution in [0.25, 0.3) is 0 Å². The molecule has 3 aromatic rings. The van der Waals surface area contributed by atoms with E-state index in [1.165, 1.54) is 12.1 Å². The Morgan fingerprint density at radius 2 is 1.74 bits per heavy atom. The number of nitrogens with one attached hydrogen (secondary N) is 1. The number of nitrogens with zero attached hydrogens (tertiary/aromatic N) is 2. The second kappa shape index (κ2) is 10.3. The van der Waals surface area contributed by atoms with E-state index in [1.54, 1.807) is 35.2 Å². The minimum Gasteiger partial charge on any atom is -0.350 e. The third-order valence-electron chi connectivity index (χ3n) is 6.18. The number of amides is 2. The molecule has 2 amide bonds. The van der Waals surface area contributed by atoms with Crippen LogP contribution >= 0.6 is 0 Å². The lowest BCUT2D eigenvalue weighted by molar-refractivity contribution is -0.120. The van der Waals surface area contributed by atoms with Gasteiger partial charge in [-0.2, -0.15) is 0 Å². The topological polar surface area (TPSA) is 86.8 Å². The number of sulfonamides is 1. The Hall–Kier alpha value is -3.65. The van der Waals surface area contributed by atoms with Crippen LogP contribution in [0.1, 0.15) is 29.5 Å². The van der Waals surface area contributed by atoms with Crippen molar-refractivity contribution in [2.45, 2.75) is 38.1 Å². The molecule has 1 saturated heterocycles. The zero-order valence-electron chi connectivity index (χ0n) is 19.9. The second-order valence-electron chi connectivity index (χ2n) is 8.69. The van der Waals surface area contributed by atoms with Crippen LogP contribution in [-0.4, -0.2) is 33.3 Å². The molecule has 35 heavy (non-hydrogen) atoms. The smallest absolute Gasteiger partial charge is 0.264 e. The minimum atomic E-state index is -3.96. The van der Waals surface area contributed by atoms with Crippen LogP contribution in [0.4, 0.5) is 11.4 Å². The summed E-state index contributed by atoms with van der Waals surface area (Å²) in [5.74, 6) is -0.327. The summed E-state index contributed by atoms with van der Waals surface area (Å²) in [4.78, 5) is 26.9. The van der Waals surface area contributed by atoms with Crippen molar-refractivity contribution in [3.05, 3.63) is 89.5 Å². The van der Waals surface area contributed by atoms with Crippen LogP contribution < -0.4 is 14.5 Å². The van der Waals surface area contributed by atoms with Gasteiger partial charge in [-0.1, -0.05) is 36.4 Å². The molecule has 182 valence electrons. The Kier molecular flexibility index (Phi) is 7.21. The highest BCUT2D eigenvalue weighted by atomic mass is 32.2. The zero-order valence-corrected chi connectivity index (χ0v) is 20.7. The Labute approximate surface area is 206 Å². The summed E-state index contributed by atoms with van der Waals surface area (Å²) in [6.45, 7) is 4.41. The van der Waals surface area contributed by atoms with Crippen LogP contribution in [0.2, 0.25) is 0 Å². The van der Waals surface area contributed by atoms with E-state index < -0.39 is 15.9 Å². The molecule has 8 heteroatoms. The van der Waals surface area contributed by atoms with Gasteiger partial charge in [0.2, 0.25) is 11.8 Å². The van der Waals surface area contributed by atoms with Gasteiger partial charge in [0.1, 0.15) is 6.54 Å². The minimum absolute atomic E-state index is 0.0985. The molecule has 1 aliphatic heterocycles. The van der Waals surface area contributed by atoms with Gasteiger partial charge in [0.15, 0.2) is 0 Å². The lowest BCUT2D eigenvalue weighted by Crippen LogP contribution is -2.40. The van der Waals surface area contributed by atoms with Crippen molar-refractivity contribution in [3.63, 3.8) is 0 Å². The van der Waals surface area contributed by atoms with E-state index in [4.69, 9.17) is 0 Å². The van der Waals surface area contributed by atoms with Crippen LogP contribution in [-0.2, 0) is 26.2 Å². The van der Waals surface area contributed by atoms with Crippen molar-refractivity contribution >= 4 is 33.2 Å². The van der Waals surface area contributed by atoms with E-state index in [9.17, 15) is 18.0 Å². The fourth-order valence-corrected chi connectivity index (χ4v) is 5.49. The van der Waals surface area contributed by atoms with Gasteiger partial charge in [0.05, 0.1) is 10.6 Å². The van der Waals surface area contributed by atoms with E-state index >= 15 is 0 Å². The maximum atomic E-state index is 13.5. The fourth-order valence-electron chi connectivity index (χ4n) is 4.06. The molecular formula is C27H29N3O4S. The predicted octanol–water partition coefficient (Wildman–Crippen LogP) is 3.94. The molecule has 1 aliphatic rings. The highest BCUT2D eigenvalue weighted by molar-refractivity contribution is 7.92. The number of rotatable bonds is 8. The molecule has 1 N–H and O–H groups in total. The van der Waals surface area contributed by atoms with Crippen molar-refractivity contribution in [1.82, 2.24) is 5.32 Å². The van der Waals surface area contributed by atoms with Crippen molar-refractivity contribution in [3.8, 4) is 0 Å². The fraction of sp³-hybridized carbons (Fsp3) is 0.259. The molecule has 0 bridgehead atoms. The van der Waals surface area contributed by atoms with Gasteiger partial charge in [-0.05, 0) is 73.4 Å². The van der Waals surface area contributed by atoms with E-state index in [2.05, 4.69) is 5.32 Å². The molecule has 0 unspecified atom stereocenters. The van der Waals surface area contributed by atoms with Crippen LogP contribution in [0.5, 0.6) is 0 Å². The molecular weight excluding hydrogens is 462 g/mol. The number of hydrogen-bond acceptors (Lipinski definition) is 4. The van der Waals surface area contributed by atoms with E-state index in [-0.39, 0.29) is 23.9 Å². The first-order chi connectivity index (χ1) is 16.8. The maximum Gasteiger partial charge on any atom is 0.264 e. The quantitative estimate of drug-likeness (QED) is 0.517. The molecule has 1 heterocycles. The lowest BCUT2D eigenvalue weighted by atomic mass is 10.1. The van der Waals surface area contributed by atoms with Crippen molar-refractivity contribution < 1.29 is 18.0 Å². The molecule has 0 saturated carbocycles. The number of hydrogen-bond donors (Lipinski definition) is 1. The van der Waals surface area contributed by atoms with E-state index in [1.807, 2.05) is 44.2 Å². The lowest BCUT2D eigenvalue weighted by Gasteiger charge is -2.25. The van der Waals surface area contributed by atoms with Gasteiger partial charge >= 0.3 is 0 Å². The normalized spacial score (nSPS) is 13.7. The van der Waals surface area contributed by atoms with Crippen molar-refractivity contribution in [2.24, 2.45) is 0 Å². The maximum absolute atomic E-state index is 13.5. The highest BCUT2D eigenvalue weighted by Gasteiger charge is 2.27. The number of carbonyl (C=O) groups excluding carboxylic acids is 2. The number of benzene rings is 3. The SMILES string of the molecule is Cc1ccc(N(CC(=O)NCc2cccc(N3CCCC3=O)c2)S(=O)(=O)c2ccccc2)cc1C. The predicted molar refractivity (Wildman–Crippen MR) is 137 cm³/mol. The first-order valence-electron chi connectivity index (χ1n) is 11.6. The summed E-state index contributed by atoms with van der Waals surface area (Å²) in [7, 11) is -3.96. The first-order valence-corrected chi connectivity index (χ1v) is 13.0. The molecule has 3 aromatic carbocycles. The number of carbonyl (C=O) groups is 2. The number of aryl methyl sites for hydroxylation is 2. The molecule has 0 spiro atoms. The third-order valence-corrected chi connectivity index (χ3v) is 7.97. The highest BCUT2D eigenvalue weighted by Crippen LogP contribution is 2.26. The van der Waals surface area contributed by atoms with Gasteiger partial charge < -0.3 is 10.2 Å². The van der Waals surface area contributed by atoms with Gasteiger partial charge in [0.25, 0.3) is 10.0 Å². The monoisotopic (exact) mass is 491 g/mol. The molecule has 0 radical (unpaired) electrons. The van der Waals surface area contributed by atoms with Crippen molar-refractivity contribution in [2.75, 3.05) is 22.3 Å². The Morgan fingerprint density at radius 1 is 0.971 bits per heavy atom. The molecule has 0 aromatic heterocycles. The summed E-state index contributed by atoms with van der Waals surface area (Å²) in [5.41, 5.74) is 4.04. The largest absolute Gasteiger partial charge is 0.350 e. The first kappa shape index (κ1) is 24.5. The van der Waals surface area contributed by atoms with Crippen LogP contribution in [0, 0.1) is 13.8 Å². The molecule has 0 atom stereocenters. The standard InChI is InChI=1S/C27H29N3O4S/c1-20-13-14-24(16-21(20)2)30(35(33,34)25-10-4-3-5-11-25)19-26(31)28-18-22-8-6-9-23(17-22)29-15-7-12-27(29)32/h3-6,8-11,13-14,16-17H,7,12,15,18-19H2,1-2H3,(H,28,31). The molecule has 4 rings (SSSR count). The van der Waals surface area contributed by atoms with E-state index in [0.717, 1.165) is 33.1 Å². The average molecular weight is 492 g/mol. The molecule has 7 nitrogen and oxygen atoms in total. The number of anilines is 2. The summed E-state index contributed by atoms with van der Waals surface area (Å²) in [6, 6.07) is 20.9. The third kappa shape index (κ3) is 5.54. The van der Waals surface area contributed by atoms with E-state index in [0.29, 0.717) is 18.7 Å². The Bertz CT molecular complexity index is 1340. The summed E-state index contributed by atoms with van der Waals surface area (Å²) >= 11 is 0. The zero-order chi connectivity index (χ0) is 25.0. The Balaban J connectivity index is 1.53. The summed E-state index contributed by atoms with van der Waals surface area (Å²) in [5, 5.41) is 2.83. The summed E-state index contributed by atoms with van der Waals surface area (Å²) in [6.07, 6.45) is 1.38. The van der Waals surface area contributed by atoms with Crippen LogP contribution in [0.3, 0.4) is 0 Å². The Morgan fingerprint density at radius 3 is 2.43 bits per heavy atom. The van der Waals surface area contributed by atoms with Gasteiger partial charge in [0, 0.05) is 25.2 Å². The molecule has 1 fully saturated rings. The van der Waals surface area contributed by atoms with Crippen molar-refractivity contribution in [1.29, 1.82) is 0 Å².